The molecule has 0 fully saturated rings. The molecule has 0 aliphatic rings. The number of nitrogens with one attached hydrogen (secondary N) is 1. The zero-order valence-electron chi connectivity index (χ0n) is 15.3. The van der Waals surface area contributed by atoms with Gasteiger partial charge in [-0.2, -0.15) is 0 Å². The molecule has 0 saturated heterocycles. The van der Waals surface area contributed by atoms with E-state index in [1.807, 2.05) is 45.0 Å². The lowest BCUT2D eigenvalue weighted by molar-refractivity contribution is 0.0936. The summed E-state index contributed by atoms with van der Waals surface area (Å²) in [5.41, 5.74) is 3.43. The molecule has 0 bridgehead atoms. The second-order valence-electron chi connectivity index (χ2n) is 6.19. The highest BCUT2D eigenvalue weighted by Crippen LogP contribution is 2.27. The van der Waals surface area contributed by atoms with Crippen LogP contribution in [0.4, 0.5) is 0 Å². The third-order valence-corrected chi connectivity index (χ3v) is 5.55. The fraction of sp³-hybridized carbons (Fsp3) is 0.250. The van der Waals surface area contributed by atoms with Crippen molar-refractivity contribution in [3.63, 3.8) is 0 Å². The van der Waals surface area contributed by atoms with Crippen LogP contribution < -0.4 is 5.32 Å². The van der Waals surface area contributed by atoms with Gasteiger partial charge in [-0.15, -0.1) is 11.8 Å². The number of hydrogen-bond acceptors (Lipinski definition) is 5. The van der Waals surface area contributed by atoms with Gasteiger partial charge in [-0.1, -0.05) is 28.9 Å². The van der Waals surface area contributed by atoms with E-state index < -0.39 is 0 Å². The lowest BCUT2D eigenvalue weighted by Crippen LogP contribution is -2.27. The predicted octanol–water partition coefficient (Wildman–Crippen LogP) is 5.12. The van der Waals surface area contributed by atoms with Crippen LogP contribution in [0.15, 0.2) is 52.1 Å². The van der Waals surface area contributed by atoms with Crippen molar-refractivity contribution in [2.75, 3.05) is 0 Å². The molecule has 1 N–H and O–H groups in total. The van der Waals surface area contributed by atoms with Gasteiger partial charge in [-0.25, -0.2) is 4.98 Å². The van der Waals surface area contributed by atoms with Gasteiger partial charge in [0.25, 0.3) is 5.91 Å². The molecular weight excluding hydrogens is 382 g/mol. The maximum Gasteiger partial charge on any atom is 0.254 e. The molecule has 2 aromatic heterocycles. The van der Waals surface area contributed by atoms with Gasteiger partial charge in [0.1, 0.15) is 10.8 Å². The molecule has 27 heavy (non-hydrogen) atoms. The van der Waals surface area contributed by atoms with Crippen LogP contribution in [-0.4, -0.2) is 16.0 Å². The van der Waals surface area contributed by atoms with Crippen molar-refractivity contribution in [2.45, 2.75) is 37.6 Å². The summed E-state index contributed by atoms with van der Waals surface area (Å²) >= 11 is 7.43. The number of thioether (sulfide) groups is 1. The Bertz CT molecular complexity index is 921. The van der Waals surface area contributed by atoms with Gasteiger partial charge in [-0.05, 0) is 50.6 Å². The van der Waals surface area contributed by atoms with Crippen molar-refractivity contribution in [1.29, 1.82) is 0 Å². The Hall–Kier alpha value is -2.31. The molecule has 0 aliphatic carbocycles. The first-order valence-corrected chi connectivity index (χ1v) is 9.88. The van der Waals surface area contributed by atoms with Crippen LogP contribution in [0.25, 0.3) is 0 Å². The van der Waals surface area contributed by atoms with E-state index in [0.29, 0.717) is 21.4 Å². The number of aryl methyl sites for hydroxylation is 2. The van der Waals surface area contributed by atoms with Crippen molar-refractivity contribution >= 4 is 29.3 Å². The Morgan fingerprint density at radius 2 is 2.00 bits per heavy atom. The molecule has 0 radical (unpaired) electrons. The van der Waals surface area contributed by atoms with E-state index in [2.05, 4.69) is 15.5 Å². The van der Waals surface area contributed by atoms with E-state index in [4.69, 9.17) is 16.1 Å². The molecule has 1 unspecified atom stereocenters. The normalized spacial score (nSPS) is 12.0. The molecule has 1 amide bonds. The molecule has 2 heterocycles. The fourth-order valence-electron chi connectivity index (χ4n) is 2.64. The molecule has 7 heteroatoms. The van der Waals surface area contributed by atoms with Gasteiger partial charge >= 0.3 is 0 Å². The molecule has 1 aromatic carbocycles. The van der Waals surface area contributed by atoms with Crippen molar-refractivity contribution in [1.82, 2.24) is 15.5 Å². The second-order valence-corrected chi connectivity index (χ2v) is 7.59. The Balaban J connectivity index is 1.72. The van der Waals surface area contributed by atoms with Gasteiger partial charge in [0.2, 0.25) is 0 Å². The van der Waals surface area contributed by atoms with Crippen LogP contribution in [-0.2, 0) is 5.75 Å². The smallest absolute Gasteiger partial charge is 0.254 e. The first-order valence-electron chi connectivity index (χ1n) is 8.51. The Morgan fingerprint density at radius 1 is 1.26 bits per heavy atom. The molecule has 0 spiro atoms. The summed E-state index contributed by atoms with van der Waals surface area (Å²) in [6, 6.07) is 10.8. The van der Waals surface area contributed by atoms with E-state index in [1.54, 1.807) is 18.3 Å². The third-order valence-electron chi connectivity index (χ3n) is 4.27. The van der Waals surface area contributed by atoms with Crippen LogP contribution in [0.5, 0.6) is 0 Å². The van der Waals surface area contributed by atoms with E-state index >= 15 is 0 Å². The molecular formula is C20H20ClN3O2S. The minimum absolute atomic E-state index is 0.143. The summed E-state index contributed by atoms with van der Waals surface area (Å²) in [5.74, 6) is 1.27. The zero-order chi connectivity index (χ0) is 19.4. The summed E-state index contributed by atoms with van der Waals surface area (Å²) in [7, 11) is 0. The van der Waals surface area contributed by atoms with Crippen molar-refractivity contribution in [2.24, 2.45) is 0 Å². The van der Waals surface area contributed by atoms with Gasteiger partial charge in [0.05, 0.1) is 17.3 Å². The Kier molecular flexibility index (Phi) is 6.19. The average molecular weight is 402 g/mol. The molecule has 0 aliphatic heterocycles. The third kappa shape index (κ3) is 4.70. The van der Waals surface area contributed by atoms with Crippen LogP contribution in [0, 0.1) is 13.8 Å². The van der Waals surface area contributed by atoms with E-state index in [-0.39, 0.29) is 11.9 Å². The number of carbonyl (C=O) groups excluding carboxylic acids is 1. The number of hydrogen-bond donors (Lipinski definition) is 1. The predicted molar refractivity (Wildman–Crippen MR) is 107 cm³/mol. The fourth-order valence-corrected chi connectivity index (χ4v) is 3.91. The number of rotatable bonds is 6. The number of aromatic nitrogens is 2. The summed E-state index contributed by atoms with van der Waals surface area (Å²) in [6.07, 6.45) is 1.69. The number of halogens is 1. The zero-order valence-corrected chi connectivity index (χ0v) is 16.9. The second kappa shape index (κ2) is 8.59. The number of carbonyl (C=O) groups is 1. The van der Waals surface area contributed by atoms with E-state index in [9.17, 15) is 4.79 Å². The first kappa shape index (κ1) is 19.5. The summed E-state index contributed by atoms with van der Waals surface area (Å²) in [6.45, 7) is 5.73. The standard InChI is InChI=1S/C20H20ClN3O2S/c1-12(15-6-8-16(21)9-7-15)23-19(25)17-5-4-10-22-20(17)27-11-18-13(2)24-26-14(18)3/h4-10,12H,11H2,1-3H3,(H,23,25). The van der Waals surface area contributed by atoms with Crippen LogP contribution >= 0.6 is 23.4 Å². The van der Waals surface area contributed by atoms with Gasteiger partial charge in [0.15, 0.2) is 0 Å². The summed E-state index contributed by atoms with van der Waals surface area (Å²) < 4.78 is 5.20. The molecule has 3 rings (SSSR count). The lowest BCUT2D eigenvalue weighted by atomic mass is 10.1. The monoisotopic (exact) mass is 401 g/mol. The SMILES string of the molecule is Cc1noc(C)c1CSc1ncccc1C(=O)NC(C)c1ccc(Cl)cc1. The van der Waals surface area contributed by atoms with Gasteiger partial charge in [-0.3, -0.25) is 4.79 Å². The van der Waals surface area contributed by atoms with Gasteiger partial charge < -0.3 is 9.84 Å². The molecule has 3 aromatic rings. The Labute approximate surface area is 167 Å². The van der Waals surface area contributed by atoms with E-state index in [0.717, 1.165) is 22.6 Å². The summed E-state index contributed by atoms with van der Waals surface area (Å²) in [5, 5.41) is 8.34. The number of pyridine rings is 1. The Morgan fingerprint density at radius 3 is 2.67 bits per heavy atom. The number of amides is 1. The number of nitrogens with zero attached hydrogens (tertiary/aromatic N) is 2. The lowest BCUT2D eigenvalue weighted by Gasteiger charge is -2.15. The van der Waals surface area contributed by atoms with E-state index in [1.165, 1.54) is 11.8 Å². The highest BCUT2D eigenvalue weighted by Gasteiger charge is 2.17. The quantitative estimate of drug-likeness (QED) is 0.580. The molecule has 5 nitrogen and oxygen atoms in total. The molecule has 1 atom stereocenters. The topological polar surface area (TPSA) is 68.0 Å². The van der Waals surface area contributed by atoms with Crippen LogP contribution in [0.2, 0.25) is 5.02 Å². The highest BCUT2D eigenvalue weighted by molar-refractivity contribution is 7.98. The minimum atomic E-state index is -0.160. The largest absolute Gasteiger partial charge is 0.361 e. The molecule has 0 saturated carbocycles. The minimum Gasteiger partial charge on any atom is -0.361 e. The average Bonchev–Trinajstić information content (AvgIpc) is 2.98. The van der Waals surface area contributed by atoms with Crippen molar-refractivity contribution < 1.29 is 9.32 Å². The van der Waals surface area contributed by atoms with Crippen LogP contribution in [0.1, 0.15) is 45.9 Å². The highest BCUT2D eigenvalue weighted by atomic mass is 35.5. The maximum absolute atomic E-state index is 12.8. The summed E-state index contributed by atoms with van der Waals surface area (Å²) in [4.78, 5) is 17.2. The molecule has 140 valence electrons. The van der Waals surface area contributed by atoms with Crippen molar-refractivity contribution in [3.05, 3.63) is 75.8 Å². The van der Waals surface area contributed by atoms with Gasteiger partial charge in [0, 0.05) is 22.5 Å². The number of benzene rings is 1. The maximum atomic E-state index is 12.8. The first-order chi connectivity index (χ1) is 13.0. The van der Waals surface area contributed by atoms with Crippen LogP contribution in [0.3, 0.4) is 0 Å². The van der Waals surface area contributed by atoms with Crippen molar-refractivity contribution in [3.8, 4) is 0 Å².